The summed E-state index contributed by atoms with van der Waals surface area (Å²) in [6, 6.07) is 16.8. The molecular formula is C30H39NO9. The van der Waals surface area contributed by atoms with Crippen LogP contribution in [0.5, 0.6) is 5.75 Å². The van der Waals surface area contributed by atoms with Gasteiger partial charge in [-0.05, 0) is 29.7 Å². The number of rotatable bonds is 12. The van der Waals surface area contributed by atoms with Gasteiger partial charge in [0.05, 0.1) is 19.8 Å². The fourth-order valence-electron chi connectivity index (χ4n) is 4.60. The number of hydrogen-bond acceptors (Lipinski definition) is 9. The van der Waals surface area contributed by atoms with Gasteiger partial charge in [0, 0.05) is 32.9 Å². The minimum atomic E-state index is -0.988. The minimum absolute atomic E-state index is 0.0522. The van der Waals surface area contributed by atoms with Gasteiger partial charge >= 0.3 is 18.0 Å². The molecule has 0 aromatic heterocycles. The molecular weight excluding hydrogens is 518 g/mol. The largest absolute Gasteiger partial charge is 0.497 e. The first-order chi connectivity index (χ1) is 19.2. The fraction of sp³-hybridized carbons (Fsp3) is 0.500. The molecule has 1 fully saturated rings. The maximum atomic E-state index is 13.1. The van der Waals surface area contributed by atoms with Gasteiger partial charge in [-0.15, -0.1) is 0 Å². The smallest absolute Gasteiger partial charge is 0.410 e. The average molecular weight is 558 g/mol. The van der Waals surface area contributed by atoms with E-state index in [4.69, 9.17) is 28.4 Å². The lowest BCUT2D eigenvalue weighted by molar-refractivity contribution is -0.290. The first-order valence-corrected chi connectivity index (χ1v) is 13.4. The summed E-state index contributed by atoms with van der Waals surface area (Å²) in [5.74, 6) is -0.556. The van der Waals surface area contributed by atoms with Gasteiger partial charge in [-0.2, -0.15) is 0 Å². The van der Waals surface area contributed by atoms with Crippen LogP contribution in [0.3, 0.4) is 0 Å². The molecule has 2 aromatic rings. The second-order valence-electron chi connectivity index (χ2n) is 9.64. The van der Waals surface area contributed by atoms with E-state index in [1.165, 1.54) is 18.7 Å². The predicted molar refractivity (Wildman–Crippen MR) is 145 cm³/mol. The van der Waals surface area contributed by atoms with E-state index in [0.29, 0.717) is 12.2 Å². The summed E-state index contributed by atoms with van der Waals surface area (Å²) < 4.78 is 34.0. The van der Waals surface area contributed by atoms with Gasteiger partial charge in [-0.3, -0.25) is 9.59 Å². The molecule has 5 atom stereocenters. The van der Waals surface area contributed by atoms with Crippen molar-refractivity contribution >= 4 is 18.0 Å². The van der Waals surface area contributed by atoms with Crippen molar-refractivity contribution in [3.63, 3.8) is 0 Å². The van der Waals surface area contributed by atoms with E-state index in [0.717, 1.165) is 11.1 Å². The lowest BCUT2D eigenvalue weighted by atomic mass is 9.89. The van der Waals surface area contributed by atoms with E-state index >= 15 is 0 Å². The van der Waals surface area contributed by atoms with Gasteiger partial charge in [0.2, 0.25) is 0 Å². The number of benzene rings is 2. The van der Waals surface area contributed by atoms with Crippen molar-refractivity contribution in [2.24, 2.45) is 5.92 Å². The molecule has 1 aliphatic rings. The predicted octanol–water partition coefficient (Wildman–Crippen LogP) is 4.49. The Morgan fingerprint density at radius 3 is 2.15 bits per heavy atom. The number of carbonyl (C=O) groups is 3. The molecule has 10 heteroatoms. The third-order valence-corrected chi connectivity index (χ3v) is 6.65. The van der Waals surface area contributed by atoms with E-state index in [9.17, 15) is 14.4 Å². The van der Waals surface area contributed by atoms with Crippen LogP contribution in [0.2, 0.25) is 0 Å². The molecule has 0 N–H and O–H groups in total. The molecule has 0 bridgehead atoms. The maximum Gasteiger partial charge on any atom is 0.410 e. The Bertz CT molecular complexity index is 1090. The van der Waals surface area contributed by atoms with Crippen molar-refractivity contribution in [3.05, 3.63) is 65.7 Å². The van der Waals surface area contributed by atoms with Crippen LogP contribution in [0, 0.1) is 5.92 Å². The molecule has 1 aliphatic heterocycles. The van der Waals surface area contributed by atoms with Crippen molar-refractivity contribution < 1.29 is 42.8 Å². The van der Waals surface area contributed by atoms with E-state index in [-0.39, 0.29) is 38.3 Å². The zero-order valence-corrected chi connectivity index (χ0v) is 23.7. The summed E-state index contributed by atoms with van der Waals surface area (Å²) in [6.07, 6.45) is -2.84. The van der Waals surface area contributed by atoms with Gasteiger partial charge in [0.25, 0.3) is 0 Å². The third-order valence-electron chi connectivity index (χ3n) is 6.65. The molecule has 0 spiro atoms. The summed E-state index contributed by atoms with van der Waals surface area (Å²) in [6.45, 7) is 7.03. The van der Waals surface area contributed by atoms with Crippen molar-refractivity contribution in [2.45, 2.75) is 71.9 Å². The van der Waals surface area contributed by atoms with Crippen LogP contribution in [0.1, 0.15) is 45.2 Å². The van der Waals surface area contributed by atoms with Crippen LogP contribution >= 0.6 is 0 Å². The number of carbonyl (C=O) groups excluding carboxylic acids is 3. The van der Waals surface area contributed by atoms with Crippen molar-refractivity contribution in [3.8, 4) is 5.75 Å². The second-order valence-corrected chi connectivity index (χ2v) is 9.64. The summed E-state index contributed by atoms with van der Waals surface area (Å²) in [7, 11) is 1.59. The lowest BCUT2D eigenvalue weighted by Gasteiger charge is -2.44. The minimum Gasteiger partial charge on any atom is -0.497 e. The number of ether oxygens (including phenoxy) is 6. The molecule has 0 radical (unpaired) electrons. The standard InChI is InChI=1S/C30H39NO9/c1-6-26-20(2)27(38-21(3)32)28(39-22(4)33)29(40-26)36-17-16-31(18-23-12-14-25(35-5)15-13-23)30(34)37-19-24-10-8-7-9-11-24/h7-15,20,26-29H,6,16-19H2,1-5H3/t20-,26-,27+,28-,29-/m1/s1. The average Bonchev–Trinajstić information content (AvgIpc) is 2.94. The Hall–Kier alpha value is -3.63. The van der Waals surface area contributed by atoms with E-state index in [1.807, 2.05) is 68.4 Å². The monoisotopic (exact) mass is 557 g/mol. The highest BCUT2D eigenvalue weighted by Gasteiger charge is 2.48. The summed E-state index contributed by atoms with van der Waals surface area (Å²) in [5.41, 5.74) is 1.74. The molecule has 2 aromatic carbocycles. The number of esters is 2. The molecule has 0 aliphatic carbocycles. The van der Waals surface area contributed by atoms with Gasteiger partial charge in [-0.25, -0.2) is 4.79 Å². The first kappa shape index (κ1) is 30.9. The van der Waals surface area contributed by atoms with Gasteiger partial charge in [0.1, 0.15) is 18.5 Å². The molecule has 218 valence electrons. The van der Waals surface area contributed by atoms with Crippen molar-refractivity contribution in [2.75, 3.05) is 20.3 Å². The molecule has 1 amide bonds. The number of nitrogens with zero attached hydrogens (tertiary/aromatic N) is 1. The van der Waals surface area contributed by atoms with Crippen LogP contribution in [-0.2, 0) is 46.4 Å². The topological polar surface area (TPSA) is 110 Å². The molecule has 1 saturated heterocycles. The SMILES string of the molecule is CC[C@H]1O[C@@H](OCCN(Cc2ccc(OC)cc2)C(=O)OCc2ccccc2)[C@H](OC(C)=O)[C@@H](OC(C)=O)[C@@H]1C. The van der Waals surface area contributed by atoms with Crippen molar-refractivity contribution in [1.29, 1.82) is 0 Å². The molecule has 0 unspecified atom stereocenters. The Labute approximate surface area is 235 Å². The Balaban J connectivity index is 1.72. The molecule has 1 heterocycles. The fourth-order valence-corrected chi connectivity index (χ4v) is 4.60. The van der Waals surface area contributed by atoms with Crippen LogP contribution in [0.25, 0.3) is 0 Å². The Morgan fingerprint density at radius 2 is 1.55 bits per heavy atom. The number of hydrogen-bond donors (Lipinski definition) is 0. The van der Waals surface area contributed by atoms with E-state index in [2.05, 4.69) is 0 Å². The van der Waals surface area contributed by atoms with E-state index in [1.54, 1.807) is 7.11 Å². The molecule has 0 saturated carbocycles. The van der Waals surface area contributed by atoms with Crippen molar-refractivity contribution in [1.82, 2.24) is 4.90 Å². The number of methoxy groups -OCH3 is 1. The molecule has 40 heavy (non-hydrogen) atoms. The summed E-state index contributed by atoms with van der Waals surface area (Å²) in [4.78, 5) is 38.4. The zero-order chi connectivity index (χ0) is 29.1. The van der Waals surface area contributed by atoms with Crippen LogP contribution in [-0.4, -0.2) is 67.8 Å². The number of amides is 1. The third kappa shape index (κ3) is 8.96. The van der Waals surface area contributed by atoms with Crippen LogP contribution in [0.4, 0.5) is 4.79 Å². The van der Waals surface area contributed by atoms with Crippen LogP contribution in [0.15, 0.2) is 54.6 Å². The zero-order valence-electron chi connectivity index (χ0n) is 23.7. The summed E-state index contributed by atoms with van der Waals surface area (Å²) in [5, 5.41) is 0. The Kier molecular flexibility index (Phi) is 11.8. The lowest BCUT2D eigenvalue weighted by Crippen LogP contribution is -2.57. The Morgan fingerprint density at radius 1 is 0.900 bits per heavy atom. The molecule has 3 rings (SSSR count). The quantitative estimate of drug-likeness (QED) is 0.275. The van der Waals surface area contributed by atoms with Crippen LogP contribution < -0.4 is 4.74 Å². The van der Waals surface area contributed by atoms with Gasteiger partial charge in [0.15, 0.2) is 12.4 Å². The first-order valence-electron chi connectivity index (χ1n) is 13.4. The van der Waals surface area contributed by atoms with Gasteiger partial charge in [-0.1, -0.05) is 56.3 Å². The van der Waals surface area contributed by atoms with E-state index < -0.39 is 36.5 Å². The maximum absolute atomic E-state index is 13.1. The summed E-state index contributed by atoms with van der Waals surface area (Å²) >= 11 is 0. The second kappa shape index (κ2) is 15.2. The highest BCUT2D eigenvalue weighted by molar-refractivity contribution is 5.68. The highest BCUT2D eigenvalue weighted by Crippen LogP contribution is 2.32. The normalized spacial score (nSPS) is 22.2. The molecule has 10 nitrogen and oxygen atoms in total. The highest BCUT2D eigenvalue weighted by atomic mass is 16.7. The van der Waals surface area contributed by atoms with Gasteiger partial charge < -0.3 is 33.3 Å².